The predicted octanol–water partition coefficient (Wildman–Crippen LogP) is 5.45. The highest BCUT2D eigenvalue weighted by molar-refractivity contribution is 5.76. The summed E-state index contributed by atoms with van der Waals surface area (Å²) in [5, 5.41) is 3.10. The standard InChI is InChI=1S/C31H37F3N4O2/c1-3-29(39)38(18-23-15-35-16-27(23)34)30(22-9-11-40-12-10-22)31-36-28(25-14-24(32)7-8-26(25)33)19-37(31)17-21-6-4-5-20(2)13-21/h4-8,13-14,19,22-23,27,30,35H,3,9-12,15-18H2,1-2H3. The van der Waals surface area contributed by atoms with Crippen molar-refractivity contribution >= 4 is 5.91 Å². The van der Waals surface area contributed by atoms with Gasteiger partial charge in [0.2, 0.25) is 5.91 Å². The Morgan fingerprint density at radius 3 is 2.67 bits per heavy atom. The Kier molecular flexibility index (Phi) is 8.90. The number of aryl methyl sites for hydroxylation is 1. The number of nitrogens with one attached hydrogen (secondary N) is 1. The third kappa shape index (κ3) is 6.25. The van der Waals surface area contributed by atoms with Gasteiger partial charge in [-0.3, -0.25) is 4.79 Å². The fraction of sp³-hybridized carbons (Fsp3) is 0.484. The average molecular weight is 555 g/mol. The van der Waals surface area contributed by atoms with E-state index in [1.807, 2.05) is 36.6 Å². The summed E-state index contributed by atoms with van der Waals surface area (Å²) in [7, 11) is 0. The largest absolute Gasteiger partial charge is 0.381 e. The van der Waals surface area contributed by atoms with Crippen molar-refractivity contribution in [2.24, 2.45) is 11.8 Å². The maximum absolute atomic E-state index is 14.9. The molecule has 2 aliphatic heterocycles. The zero-order valence-electron chi connectivity index (χ0n) is 23.1. The van der Waals surface area contributed by atoms with Gasteiger partial charge in [-0.25, -0.2) is 18.2 Å². The summed E-state index contributed by atoms with van der Waals surface area (Å²) < 4.78 is 51.6. The third-order valence-corrected chi connectivity index (χ3v) is 8.07. The Morgan fingerprint density at radius 1 is 1.18 bits per heavy atom. The number of carbonyl (C=O) groups excluding carboxylic acids is 1. The number of rotatable bonds is 9. The molecule has 3 atom stereocenters. The van der Waals surface area contributed by atoms with Gasteiger partial charge in [-0.05, 0) is 49.4 Å². The van der Waals surface area contributed by atoms with E-state index in [9.17, 15) is 18.0 Å². The Bertz CT molecular complexity index is 1320. The number of hydrogen-bond donors (Lipinski definition) is 1. The molecule has 5 rings (SSSR count). The number of nitrogens with zero attached hydrogens (tertiary/aromatic N) is 3. The van der Waals surface area contributed by atoms with E-state index in [4.69, 9.17) is 9.72 Å². The van der Waals surface area contributed by atoms with Crippen molar-refractivity contribution in [2.75, 3.05) is 32.8 Å². The van der Waals surface area contributed by atoms with Crippen LogP contribution in [0.4, 0.5) is 13.2 Å². The van der Waals surface area contributed by atoms with Crippen LogP contribution in [0.25, 0.3) is 11.3 Å². The first-order chi connectivity index (χ1) is 19.3. The fourth-order valence-electron chi connectivity index (χ4n) is 5.97. The first kappa shape index (κ1) is 28.4. The van der Waals surface area contributed by atoms with Gasteiger partial charge in [-0.15, -0.1) is 0 Å². The molecular weight excluding hydrogens is 517 g/mol. The van der Waals surface area contributed by atoms with Gasteiger partial charge in [-0.1, -0.05) is 36.8 Å². The maximum atomic E-state index is 14.9. The van der Waals surface area contributed by atoms with Gasteiger partial charge in [0, 0.05) is 63.5 Å². The van der Waals surface area contributed by atoms with Crippen molar-refractivity contribution in [3.8, 4) is 11.3 Å². The van der Waals surface area contributed by atoms with Crippen LogP contribution in [0.3, 0.4) is 0 Å². The smallest absolute Gasteiger partial charge is 0.222 e. The molecule has 3 heterocycles. The molecule has 0 spiro atoms. The van der Waals surface area contributed by atoms with Crippen LogP contribution in [0.5, 0.6) is 0 Å². The van der Waals surface area contributed by atoms with Crippen LogP contribution in [-0.2, 0) is 16.1 Å². The van der Waals surface area contributed by atoms with Gasteiger partial charge >= 0.3 is 0 Å². The van der Waals surface area contributed by atoms with Crippen LogP contribution in [0.15, 0.2) is 48.7 Å². The molecule has 2 saturated heterocycles. The number of amides is 1. The third-order valence-electron chi connectivity index (χ3n) is 8.07. The number of ether oxygens (including phenoxy) is 1. The number of halogens is 3. The Hall–Kier alpha value is -3.17. The Labute approximate surface area is 233 Å². The topological polar surface area (TPSA) is 59.4 Å². The number of carbonyl (C=O) groups is 1. The lowest BCUT2D eigenvalue weighted by atomic mass is 9.88. The first-order valence-corrected chi connectivity index (χ1v) is 14.1. The van der Waals surface area contributed by atoms with Crippen molar-refractivity contribution in [3.63, 3.8) is 0 Å². The lowest BCUT2D eigenvalue weighted by molar-refractivity contribution is -0.137. The normalized spacial score (nSPS) is 20.5. The molecule has 3 unspecified atom stereocenters. The van der Waals surface area contributed by atoms with Crippen molar-refractivity contribution in [1.29, 1.82) is 0 Å². The van der Waals surface area contributed by atoms with E-state index < -0.39 is 23.8 Å². The molecule has 0 radical (unpaired) electrons. The van der Waals surface area contributed by atoms with E-state index in [1.165, 1.54) is 0 Å². The van der Waals surface area contributed by atoms with Crippen molar-refractivity contribution in [2.45, 2.75) is 51.9 Å². The van der Waals surface area contributed by atoms with Crippen molar-refractivity contribution in [1.82, 2.24) is 19.8 Å². The molecule has 40 heavy (non-hydrogen) atoms. The monoisotopic (exact) mass is 554 g/mol. The van der Waals surface area contributed by atoms with Gasteiger partial charge in [0.1, 0.15) is 23.6 Å². The predicted molar refractivity (Wildman–Crippen MR) is 147 cm³/mol. The SMILES string of the molecule is CCC(=O)N(CC1CNCC1F)C(c1nc(-c2cc(F)ccc2F)cn1Cc1cccc(C)c1)C1CCOCC1. The van der Waals surface area contributed by atoms with Crippen LogP contribution in [0, 0.1) is 30.4 Å². The van der Waals surface area contributed by atoms with Crippen LogP contribution in [0.1, 0.15) is 49.2 Å². The van der Waals surface area contributed by atoms with Crippen LogP contribution in [-0.4, -0.2) is 59.4 Å². The molecular formula is C31H37F3N4O2. The lowest BCUT2D eigenvalue weighted by Gasteiger charge is -2.40. The van der Waals surface area contributed by atoms with E-state index in [-0.39, 0.29) is 42.8 Å². The first-order valence-electron chi connectivity index (χ1n) is 14.1. The Balaban J connectivity index is 1.65. The average Bonchev–Trinajstić information content (AvgIpc) is 3.55. The number of alkyl halides is 1. The zero-order valence-corrected chi connectivity index (χ0v) is 23.1. The number of benzene rings is 2. The van der Waals surface area contributed by atoms with Gasteiger partial charge < -0.3 is 19.5 Å². The van der Waals surface area contributed by atoms with Gasteiger partial charge in [0.05, 0.1) is 11.7 Å². The molecule has 2 aliphatic rings. The molecule has 2 fully saturated rings. The summed E-state index contributed by atoms with van der Waals surface area (Å²) in [6.45, 7) is 6.38. The maximum Gasteiger partial charge on any atom is 0.222 e. The quantitative estimate of drug-likeness (QED) is 0.382. The summed E-state index contributed by atoms with van der Waals surface area (Å²) in [4.78, 5) is 20.3. The highest BCUT2D eigenvalue weighted by Gasteiger charge is 2.39. The summed E-state index contributed by atoms with van der Waals surface area (Å²) in [6, 6.07) is 10.9. The van der Waals surface area contributed by atoms with Crippen molar-refractivity contribution < 1.29 is 22.7 Å². The molecule has 214 valence electrons. The van der Waals surface area contributed by atoms with Crippen LogP contribution >= 0.6 is 0 Å². The number of aromatic nitrogens is 2. The minimum atomic E-state index is -1.05. The zero-order chi connectivity index (χ0) is 28.2. The number of imidazole rings is 1. The molecule has 1 aromatic heterocycles. The molecule has 0 saturated carbocycles. The molecule has 0 bridgehead atoms. The second-order valence-corrected chi connectivity index (χ2v) is 11.0. The molecule has 1 N–H and O–H groups in total. The van der Waals surface area contributed by atoms with E-state index in [0.717, 1.165) is 29.3 Å². The van der Waals surface area contributed by atoms with Gasteiger partial charge in [0.25, 0.3) is 0 Å². The highest BCUT2D eigenvalue weighted by Crippen LogP contribution is 2.38. The van der Waals surface area contributed by atoms with E-state index in [1.54, 1.807) is 11.1 Å². The van der Waals surface area contributed by atoms with Gasteiger partial charge in [-0.2, -0.15) is 0 Å². The second kappa shape index (κ2) is 12.6. The van der Waals surface area contributed by atoms with Crippen LogP contribution < -0.4 is 5.32 Å². The second-order valence-electron chi connectivity index (χ2n) is 11.0. The highest BCUT2D eigenvalue weighted by atomic mass is 19.1. The lowest BCUT2D eigenvalue weighted by Crippen LogP contribution is -2.45. The molecule has 0 aliphatic carbocycles. The van der Waals surface area contributed by atoms with Crippen molar-refractivity contribution in [3.05, 3.63) is 77.2 Å². The van der Waals surface area contributed by atoms with E-state index in [0.29, 0.717) is 50.7 Å². The summed E-state index contributed by atoms with van der Waals surface area (Å²) >= 11 is 0. The summed E-state index contributed by atoms with van der Waals surface area (Å²) in [6.07, 6.45) is 2.38. The van der Waals surface area contributed by atoms with Crippen LogP contribution in [0.2, 0.25) is 0 Å². The minimum Gasteiger partial charge on any atom is -0.381 e. The molecule has 1 amide bonds. The summed E-state index contributed by atoms with van der Waals surface area (Å²) in [5.74, 6) is -0.944. The Morgan fingerprint density at radius 2 is 1.98 bits per heavy atom. The van der Waals surface area contributed by atoms with E-state index >= 15 is 0 Å². The minimum absolute atomic E-state index is 0.0144. The fourth-order valence-corrected chi connectivity index (χ4v) is 5.97. The molecule has 9 heteroatoms. The molecule has 2 aromatic carbocycles. The number of hydrogen-bond acceptors (Lipinski definition) is 4. The summed E-state index contributed by atoms with van der Waals surface area (Å²) in [5.41, 5.74) is 2.48. The van der Waals surface area contributed by atoms with Gasteiger partial charge in [0.15, 0.2) is 0 Å². The van der Waals surface area contributed by atoms with E-state index in [2.05, 4.69) is 11.4 Å². The molecule has 3 aromatic rings. The molecule has 6 nitrogen and oxygen atoms in total.